The summed E-state index contributed by atoms with van der Waals surface area (Å²) < 4.78 is 31.1. The predicted molar refractivity (Wildman–Crippen MR) is 142 cm³/mol. The molecule has 3 aromatic carbocycles. The van der Waals surface area contributed by atoms with Crippen LogP contribution in [0.5, 0.6) is 5.75 Å². The molecular weight excluding hydrogens is 478 g/mol. The quantitative estimate of drug-likeness (QED) is 0.399. The van der Waals surface area contributed by atoms with Gasteiger partial charge in [0, 0.05) is 19.0 Å². The number of nitrogens with zero attached hydrogens (tertiary/aromatic N) is 1. The van der Waals surface area contributed by atoms with E-state index < -0.39 is 10.0 Å². The number of amides is 2. The molecule has 3 rings (SSSR count). The Morgan fingerprint density at radius 2 is 1.67 bits per heavy atom. The lowest BCUT2D eigenvalue weighted by Crippen LogP contribution is -2.31. The van der Waals surface area contributed by atoms with Crippen LogP contribution >= 0.6 is 0 Å². The number of rotatable bonds is 11. The second kappa shape index (κ2) is 12.2. The molecule has 0 saturated carbocycles. The maximum Gasteiger partial charge on any atom is 0.253 e. The van der Waals surface area contributed by atoms with E-state index in [-0.39, 0.29) is 37.2 Å². The fraction of sp³-hybridized carbons (Fsp3) is 0.259. The first-order chi connectivity index (χ1) is 17.2. The van der Waals surface area contributed by atoms with Gasteiger partial charge in [-0.15, -0.1) is 0 Å². The van der Waals surface area contributed by atoms with Crippen LogP contribution in [-0.2, 0) is 14.8 Å². The molecule has 0 aliphatic heterocycles. The molecule has 9 heteroatoms. The third-order valence-electron chi connectivity index (χ3n) is 5.60. The van der Waals surface area contributed by atoms with Crippen molar-refractivity contribution in [3.63, 3.8) is 0 Å². The summed E-state index contributed by atoms with van der Waals surface area (Å²) in [5, 5.41) is 5.74. The minimum absolute atomic E-state index is 0.0758. The zero-order valence-corrected chi connectivity index (χ0v) is 21.4. The number of hydrogen-bond acceptors (Lipinski definition) is 5. The summed E-state index contributed by atoms with van der Waals surface area (Å²) in [6.07, 6.45) is 1.49. The van der Waals surface area contributed by atoms with Crippen LogP contribution in [0.4, 0.5) is 11.4 Å². The van der Waals surface area contributed by atoms with Crippen LogP contribution in [0.15, 0.2) is 78.9 Å². The van der Waals surface area contributed by atoms with Crippen molar-refractivity contribution in [1.29, 1.82) is 0 Å². The molecule has 0 aliphatic carbocycles. The Morgan fingerprint density at radius 1 is 0.972 bits per heavy atom. The highest BCUT2D eigenvalue weighted by Gasteiger charge is 2.19. The van der Waals surface area contributed by atoms with Crippen LogP contribution in [0, 0.1) is 0 Å². The fourth-order valence-electron chi connectivity index (χ4n) is 3.74. The molecule has 0 radical (unpaired) electrons. The zero-order valence-electron chi connectivity index (χ0n) is 20.6. The van der Waals surface area contributed by atoms with Crippen LogP contribution in [-0.4, -0.2) is 40.1 Å². The summed E-state index contributed by atoms with van der Waals surface area (Å²) in [6.45, 7) is 2.01. The maximum absolute atomic E-state index is 12.9. The van der Waals surface area contributed by atoms with Crippen molar-refractivity contribution in [1.82, 2.24) is 5.32 Å². The number of carbonyl (C=O) groups excluding carboxylic acids is 2. The average molecular weight is 510 g/mol. The van der Waals surface area contributed by atoms with Crippen LogP contribution in [0.25, 0.3) is 0 Å². The monoisotopic (exact) mass is 509 g/mol. The largest absolute Gasteiger partial charge is 0.497 e. The molecule has 0 heterocycles. The Morgan fingerprint density at radius 3 is 2.36 bits per heavy atom. The molecule has 8 nitrogen and oxygen atoms in total. The molecule has 0 fully saturated rings. The SMILES string of the molecule is COc1cccc(N(CCCC(=O)Nc2ccccc2C(=O)NC(C)c2ccccc2)S(C)(=O)=O)c1. The second-order valence-electron chi connectivity index (χ2n) is 8.34. The number of benzene rings is 3. The van der Waals surface area contributed by atoms with Crippen molar-refractivity contribution >= 4 is 33.2 Å². The zero-order chi connectivity index (χ0) is 26.1. The van der Waals surface area contributed by atoms with Crippen molar-refractivity contribution in [2.45, 2.75) is 25.8 Å². The smallest absolute Gasteiger partial charge is 0.253 e. The van der Waals surface area contributed by atoms with Gasteiger partial charge >= 0.3 is 0 Å². The van der Waals surface area contributed by atoms with E-state index >= 15 is 0 Å². The molecule has 0 aliphatic rings. The minimum atomic E-state index is -3.56. The lowest BCUT2D eigenvalue weighted by molar-refractivity contribution is -0.116. The Labute approximate surface area is 212 Å². The maximum atomic E-state index is 12.9. The molecule has 0 saturated heterocycles. The summed E-state index contributed by atoms with van der Waals surface area (Å²) in [6, 6.07) is 22.9. The molecule has 36 heavy (non-hydrogen) atoms. The number of carbonyl (C=O) groups is 2. The Hall–Kier alpha value is -3.85. The van der Waals surface area contributed by atoms with E-state index in [1.807, 2.05) is 37.3 Å². The van der Waals surface area contributed by atoms with Gasteiger partial charge in [0.25, 0.3) is 5.91 Å². The fourth-order valence-corrected chi connectivity index (χ4v) is 4.69. The molecule has 190 valence electrons. The molecule has 1 unspecified atom stereocenters. The van der Waals surface area contributed by atoms with Gasteiger partial charge in [0.1, 0.15) is 5.75 Å². The van der Waals surface area contributed by atoms with Crippen molar-refractivity contribution in [3.05, 3.63) is 90.0 Å². The van der Waals surface area contributed by atoms with E-state index in [1.54, 1.807) is 48.5 Å². The van der Waals surface area contributed by atoms with Gasteiger partial charge in [-0.2, -0.15) is 0 Å². The van der Waals surface area contributed by atoms with Gasteiger partial charge in [-0.05, 0) is 43.2 Å². The Balaban J connectivity index is 1.62. The van der Waals surface area contributed by atoms with Crippen molar-refractivity contribution in [2.24, 2.45) is 0 Å². The number of hydrogen-bond donors (Lipinski definition) is 2. The molecule has 1 atom stereocenters. The molecule has 0 spiro atoms. The van der Waals surface area contributed by atoms with Gasteiger partial charge in [-0.1, -0.05) is 48.5 Å². The van der Waals surface area contributed by atoms with Gasteiger partial charge in [0.15, 0.2) is 0 Å². The van der Waals surface area contributed by atoms with Gasteiger partial charge in [-0.25, -0.2) is 8.42 Å². The summed E-state index contributed by atoms with van der Waals surface area (Å²) in [5.41, 5.74) is 2.18. The Bertz CT molecular complexity index is 1300. The lowest BCUT2D eigenvalue weighted by atomic mass is 10.1. The highest BCUT2D eigenvalue weighted by molar-refractivity contribution is 7.92. The van der Waals surface area contributed by atoms with Crippen molar-refractivity contribution in [3.8, 4) is 5.75 Å². The number of nitrogens with one attached hydrogen (secondary N) is 2. The Kier molecular flexibility index (Phi) is 9.08. The first-order valence-electron chi connectivity index (χ1n) is 11.6. The number of sulfonamides is 1. The lowest BCUT2D eigenvalue weighted by Gasteiger charge is -2.22. The van der Waals surface area contributed by atoms with E-state index in [1.165, 1.54) is 11.4 Å². The van der Waals surface area contributed by atoms with E-state index in [9.17, 15) is 18.0 Å². The van der Waals surface area contributed by atoms with E-state index in [0.717, 1.165) is 11.8 Å². The summed E-state index contributed by atoms with van der Waals surface area (Å²) >= 11 is 0. The van der Waals surface area contributed by atoms with Gasteiger partial charge in [0.05, 0.1) is 36.3 Å². The van der Waals surface area contributed by atoms with E-state index in [0.29, 0.717) is 22.7 Å². The van der Waals surface area contributed by atoms with Crippen molar-refractivity contribution in [2.75, 3.05) is 29.5 Å². The highest BCUT2D eigenvalue weighted by Crippen LogP contribution is 2.24. The first kappa shape index (κ1) is 26.7. The molecule has 3 aromatic rings. The summed E-state index contributed by atoms with van der Waals surface area (Å²) in [5.74, 6) is -0.0793. The first-order valence-corrected chi connectivity index (χ1v) is 13.4. The van der Waals surface area contributed by atoms with E-state index in [2.05, 4.69) is 10.6 Å². The third kappa shape index (κ3) is 7.32. The molecule has 0 aromatic heterocycles. The second-order valence-corrected chi connectivity index (χ2v) is 10.2. The molecule has 2 N–H and O–H groups in total. The van der Waals surface area contributed by atoms with E-state index in [4.69, 9.17) is 4.74 Å². The minimum Gasteiger partial charge on any atom is -0.497 e. The van der Waals surface area contributed by atoms with Crippen LogP contribution < -0.4 is 19.7 Å². The third-order valence-corrected chi connectivity index (χ3v) is 6.79. The summed E-state index contributed by atoms with van der Waals surface area (Å²) in [7, 11) is -2.05. The van der Waals surface area contributed by atoms with Crippen molar-refractivity contribution < 1.29 is 22.7 Å². The number of methoxy groups -OCH3 is 1. The highest BCUT2D eigenvalue weighted by atomic mass is 32.2. The molecule has 2 amide bonds. The average Bonchev–Trinajstić information content (AvgIpc) is 2.86. The van der Waals surface area contributed by atoms with Gasteiger partial charge in [-0.3, -0.25) is 13.9 Å². The molecular formula is C27H31N3O5S. The van der Waals surface area contributed by atoms with Gasteiger partial charge < -0.3 is 15.4 Å². The molecule has 0 bridgehead atoms. The number of anilines is 2. The van der Waals surface area contributed by atoms with Crippen LogP contribution in [0.1, 0.15) is 41.7 Å². The van der Waals surface area contributed by atoms with Gasteiger partial charge in [0.2, 0.25) is 15.9 Å². The number of ether oxygens (including phenoxy) is 1. The van der Waals surface area contributed by atoms with Crippen LogP contribution in [0.3, 0.4) is 0 Å². The normalized spacial score (nSPS) is 11.9. The number of para-hydroxylation sites is 1. The topological polar surface area (TPSA) is 105 Å². The summed E-state index contributed by atoms with van der Waals surface area (Å²) in [4.78, 5) is 25.6. The standard InChI is InChI=1S/C27H31N3O5S/c1-20(21-11-5-4-6-12-21)28-27(32)24-15-7-8-16-25(24)29-26(31)17-10-18-30(36(3,33)34)22-13-9-14-23(19-22)35-2/h4-9,11-16,19-20H,10,17-18H2,1-3H3,(H,28,32)(H,29,31). The predicted octanol–water partition coefficient (Wildman–Crippen LogP) is 4.37. The van der Waals surface area contributed by atoms with Crippen LogP contribution in [0.2, 0.25) is 0 Å².